The molecule has 0 saturated carbocycles. The summed E-state index contributed by atoms with van der Waals surface area (Å²) >= 11 is 0. The van der Waals surface area contributed by atoms with Gasteiger partial charge in [-0.3, -0.25) is 9.52 Å². The lowest BCUT2D eigenvalue weighted by Gasteiger charge is -2.12. The van der Waals surface area contributed by atoms with Gasteiger partial charge in [-0.1, -0.05) is 0 Å². The maximum atomic E-state index is 12.4. The Labute approximate surface area is 197 Å². The number of carbonyl (C=O) groups excluding carboxylic acids is 2. The topological polar surface area (TPSA) is 129 Å². The molecule has 0 spiro atoms. The molecular weight excluding hydrogens is 460 g/mol. The Morgan fingerprint density at radius 2 is 1.65 bits per heavy atom. The van der Waals surface area contributed by atoms with E-state index in [1.165, 1.54) is 10.7 Å². The molecule has 180 valence electrons. The maximum Gasteiger partial charge on any atom is 0.358 e. The number of hydrogen-bond donors (Lipinski definition) is 2. The molecule has 2 aromatic carbocycles. The molecule has 34 heavy (non-hydrogen) atoms. The van der Waals surface area contributed by atoms with Gasteiger partial charge in [-0.2, -0.15) is 5.10 Å². The van der Waals surface area contributed by atoms with Gasteiger partial charge >= 0.3 is 5.97 Å². The number of rotatable bonds is 10. The van der Waals surface area contributed by atoms with Crippen molar-refractivity contribution in [1.29, 1.82) is 0 Å². The average molecular weight is 487 g/mol. The van der Waals surface area contributed by atoms with Gasteiger partial charge in [-0.25, -0.2) is 17.9 Å². The molecule has 1 aromatic heterocycles. The summed E-state index contributed by atoms with van der Waals surface area (Å²) in [6.07, 6.45) is 1.61. The summed E-state index contributed by atoms with van der Waals surface area (Å²) in [4.78, 5) is 24.0. The summed E-state index contributed by atoms with van der Waals surface area (Å²) in [5.41, 5.74) is 1.57. The Hall–Kier alpha value is -3.86. The van der Waals surface area contributed by atoms with Gasteiger partial charge < -0.3 is 14.8 Å². The second-order valence-electron chi connectivity index (χ2n) is 7.51. The van der Waals surface area contributed by atoms with Crippen molar-refractivity contribution in [2.75, 3.05) is 22.4 Å². The fourth-order valence-electron chi connectivity index (χ4n) is 2.94. The van der Waals surface area contributed by atoms with Crippen LogP contribution in [0.3, 0.4) is 0 Å². The van der Waals surface area contributed by atoms with Crippen LogP contribution in [0.1, 0.15) is 31.3 Å². The van der Waals surface area contributed by atoms with E-state index in [4.69, 9.17) is 9.47 Å². The van der Waals surface area contributed by atoms with Crippen molar-refractivity contribution in [2.45, 2.75) is 26.9 Å². The number of aromatic nitrogens is 2. The maximum absolute atomic E-state index is 12.4. The average Bonchev–Trinajstić information content (AvgIpc) is 3.25. The summed E-state index contributed by atoms with van der Waals surface area (Å²) in [7, 11) is -3.91. The van der Waals surface area contributed by atoms with Crippen LogP contribution in [0, 0.1) is 0 Å². The highest BCUT2D eigenvalue weighted by atomic mass is 32.2. The minimum absolute atomic E-state index is 0.00177. The van der Waals surface area contributed by atoms with E-state index in [0.29, 0.717) is 22.8 Å². The van der Waals surface area contributed by atoms with E-state index in [9.17, 15) is 18.0 Å². The van der Waals surface area contributed by atoms with Crippen LogP contribution in [0.5, 0.6) is 5.75 Å². The highest BCUT2D eigenvalue weighted by Gasteiger charge is 2.17. The Morgan fingerprint density at radius 3 is 2.26 bits per heavy atom. The molecule has 0 unspecified atom stereocenters. The van der Waals surface area contributed by atoms with Crippen molar-refractivity contribution < 1.29 is 27.5 Å². The minimum atomic E-state index is -3.91. The lowest BCUT2D eigenvalue weighted by Crippen LogP contribution is -2.27. The number of benzene rings is 2. The fraction of sp³-hybridized carbons (Fsp3) is 0.261. The highest BCUT2D eigenvalue weighted by Crippen LogP contribution is 2.18. The van der Waals surface area contributed by atoms with Crippen LogP contribution in [0.15, 0.2) is 60.8 Å². The van der Waals surface area contributed by atoms with Crippen LogP contribution >= 0.6 is 0 Å². The quantitative estimate of drug-likeness (QED) is 0.421. The number of sulfonamides is 1. The third-order valence-electron chi connectivity index (χ3n) is 4.31. The number of ether oxygens (including phenoxy) is 2. The van der Waals surface area contributed by atoms with Crippen LogP contribution < -0.4 is 14.8 Å². The smallest absolute Gasteiger partial charge is 0.358 e. The third kappa shape index (κ3) is 7.07. The Balaban J connectivity index is 1.56. The molecule has 10 nitrogen and oxygen atoms in total. The van der Waals surface area contributed by atoms with Crippen molar-refractivity contribution in [3.8, 4) is 11.4 Å². The third-order valence-corrected chi connectivity index (χ3v) is 5.50. The van der Waals surface area contributed by atoms with Gasteiger partial charge in [0.15, 0.2) is 5.69 Å². The molecule has 11 heteroatoms. The van der Waals surface area contributed by atoms with Crippen LogP contribution in [0.4, 0.5) is 11.4 Å². The molecule has 2 N–H and O–H groups in total. The first-order valence-corrected chi connectivity index (χ1v) is 12.2. The van der Waals surface area contributed by atoms with Crippen LogP contribution in [-0.2, 0) is 19.6 Å². The predicted octanol–water partition coefficient (Wildman–Crippen LogP) is 3.22. The molecule has 0 aliphatic heterocycles. The molecule has 3 aromatic rings. The molecule has 0 aliphatic rings. The van der Waals surface area contributed by atoms with Crippen LogP contribution in [0.2, 0.25) is 0 Å². The van der Waals surface area contributed by atoms with E-state index in [1.807, 2.05) is 13.8 Å². The van der Waals surface area contributed by atoms with Gasteiger partial charge in [0.1, 0.15) is 11.5 Å². The summed E-state index contributed by atoms with van der Waals surface area (Å²) < 4.78 is 39.0. The Kier molecular flexibility index (Phi) is 7.90. The number of amides is 1. The minimum Gasteiger partial charge on any atom is -0.491 e. The van der Waals surface area contributed by atoms with Gasteiger partial charge in [0.2, 0.25) is 15.9 Å². The molecule has 0 aliphatic carbocycles. The molecular formula is C23H26N4O6S. The molecule has 0 atom stereocenters. The van der Waals surface area contributed by atoms with Gasteiger partial charge in [0.05, 0.1) is 18.4 Å². The SMILES string of the molecule is CCOC(=O)c1ccn(-c2ccc(NC(=O)CS(=O)(=O)Nc3ccc(OC(C)C)cc3)cc2)n1. The Morgan fingerprint density at radius 1 is 1.00 bits per heavy atom. The summed E-state index contributed by atoms with van der Waals surface area (Å²) in [6.45, 7) is 5.75. The molecule has 0 bridgehead atoms. The summed E-state index contributed by atoms with van der Waals surface area (Å²) in [6, 6.07) is 14.5. The first-order chi connectivity index (χ1) is 16.1. The van der Waals surface area contributed by atoms with Gasteiger partial charge in [0.25, 0.3) is 0 Å². The molecule has 1 heterocycles. The van der Waals surface area contributed by atoms with Crippen molar-refractivity contribution >= 4 is 33.3 Å². The zero-order chi connectivity index (χ0) is 24.7. The molecule has 3 rings (SSSR count). The van der Waals surface area contributed by atoms with Crippen LogP contribution in [0.25, 0.3) is 5.69 Å². The van der Waals surface area contributed by atoms with Crippen molar-refractivity contribution in [2.24, 2.45) is 0 Å². The zero-order valence-corrected chi connectivity index (χ0v) is 19.8. The van der Waals surface area contributed by atoms with Crippen molar-refractivity contribution in [3.05, 3.63) is 66.5 Å². The summed E-state index contributed by atoms with van der Waals surface area (Å²) in [5, 5.41) is 6.71. The number of hydrogen-bond acceptors (Lipinski definition) is 7. The second-order valence-corrected chi connectivity index (χ2v) is 9.24. The van der Waals surface area contributed by atoms with Crippen LogP contribution in [-0.4, -0.2) is 48.5 Å². The normalized spacial score (nSPS) is 11.2. The van der Waals surface area contributed by atoms with E-state index in [2.05, 4.69) is 15.1 Å². The largest absolute Gasteiger partial charge is 0.491 e. The van der Waals surface area contributed by atoms with E-state index in [0.717, 1.165) is 0 Å². The van der Waals surface area contributed by atoms with E-state index < -0.39 is 27.7 Å². The molecule has 0 fully saturated rings. The fourth-order valence-corrected chi connectivity index (χ4v) is 3.92. The molecule has 0 saturated heterocycles. The van der Waals surface area contributed by atoms with Gasteiger partial charge in [-0.15, -0.1) is 0 Å². The number of esters is 1. The monoisotopic (exact) mass is 486 g/mol. The summed E-state index contributed by atoms with van der Waals surface area (Å²) in [5.74, 6) is -1.34. The first kappa shape index (κ1) is 24.8. The van der Waals surface area contributed by atoms with Crippen molar-refractivity contribution in [3.63, 3.8) is 0 Å². The molecule has 0 radical (unpaired) electrons. The number of carbonyl (C=O) groups is 2. The standard InChI is InChI=1S/C23H26N4O6S/c1-4-32-23(29)21-13-14-27(25-21)19-9-5-17(6-10-19)24-22(28)15-34(30,31)26-18-7-11-20(12-8-18)33-16(2)3/h5-14,16,26H,4,15H2,1-3H3,(H,24,28). The highest BCUT2D eigenvalue weighted by molar-refractivity contribution is 7.93. The van der Waals surface area contributed by atoms with Crippen molar-refractivity contribution in [1.82, 2.24) is 9.78 Å². The Bertz CT molecular complexity index is 1240. The number of nitrogens with zero attached hydrogens (tertiary/aromatic N) is 2. The van der Waals surface area contributed by atoms with Gasteiger partial charge in [0, 0.05) is 17.6 Å². The van der Waals surface area contributed by atoms with E-state index >= 15 is 0 Å². The van der Waals surface area contributed by atoms with Gasteiger partial charge in [-0.05, 0) is 75.4 Å². The van der Waals surface area contributed by atoms with E-state index in [1.54, 1.807) is 61.7 Å². The zero-order valence-electron chi connectivity index (χ0n) is 19.0. The number of nitrogens with one attached hydrogen (secondary N) is 2. The first-order valence-electron chi connectivity index (χ1n) is 10.6. The lowest BCUT2D eigenvalue weighted by molar-refractivity contribution is -0.113. The number of anilines is 2. The molecule has 1 amide bonds. The van der Waals surface area contributed by atoms with E-state index in [-0.39, 0.29) is 18.4 Å². The second kappa shape index (κ2) is 10.8. The lowest BCUT2D eigenvalue weighted by atomic mass is 10.3. The predicted molar refractivity (Wildman–Crippen MR) is 128 cm³/mol.